The number of pyridine rings is 1. The molecule has 1 aromatic rings. The molecule has 1 heterocycles. The van der Waals surface area contributed by atoms with Crippen molar-refractivity contribution in [2.75, 3.05) is 6.61 Å². The summed E-state index contributed by atoms with van der Waals surface area (Å²) in [5.74, 6) is 0. The van der Waals surface area contributed by atoms with Crippen LogP contribution in [0.3, 0.4) is 0 Å². The third-order valence-electron chi connectivity index (χ3n) is 3.11. The Bertz CT molecular complexity index is 318. The van der Waals surface area contributed by atoms with E-state index in [1.165, 1.54) is 0 Å². The molecule has 1 aromatic heterocycles. The molecule has 0 aliphatic carbocycles. The quantitative estimate of drug-likeness (QED) is 0.753. The van der Waals surface area contributed by atoms with Crippen LogP contribution in [-0.2, 0) is 6.54 Å². The van der Waals surface area contributed by atoms with Gasteiger partial charge in [0.1, 0.15) is 5.15 Å². The van der Waals surface area contributed by atoms with Gasteiger partial charge < -0.3 is 10.4 Å². The van der Waals surface area contributed by atoms with Crippen LogP contribution < -0.4 is 5.32 Å². The first-order valence-electron chi connectivity index (χ1n) is 5.62. The van der Waals surface area contributed by atoms with Gasteiger partial charge in [0, 0.05) is 18.3 Å². The molecular formula is C12H19ClN2O. The highest BCUT2D eigenvalue weighted by Gasteiger charge is 2.23. The molecule has 4 heteroatoms. The fourth-order valence-corrected chi connectivity index (χ4v) is 1.82. The van der Waals surface area contributed by atoms with Gasteiger partial charge in [-0.25, -0.2) is 4.98 Å². The summed E-state index contributed by atoms with van der Waals surface area (Å²) >= 11 is 5.81. The van der Waals surface area contributed by atoms with Crippen molar-refractivity contribution >= 4 is 11.6 Å². The molecule has 0 saturated carbocycles. The summed E-state index contributed by atoms with van der Waals surface area (Å²) in [5, 5.41) is 13.3. The molecule has 16 heavy (non-hydrogen) atoms. The van der Waals surface area contributed by atoms with E-state index in [0.29, 0.717) is 11.7 Å². The average Bonchev–Trinajstić information content (AvgIpc) is 2.32. The van der Waals surface area contributed by atoms with Crippen molar-refractivity contribution in [3.05, 3.63) is 29.0 Å². The second-order valence-corrected chi connectivity index (χ2v) is 4.37. The molecule has 0 radical (unpaired) electrons. The summed E-state index contributed by atoms with van der Waals surface area (Å²) in [6.07, 6.45) is 3.50. The number of hydrogen-bond acceptors (Lipinski definition) is 3. The lowest BCUT2D eigenvalue weighted by Gasteiger charge is -2.31. The van der Waals surface area contributed by atoms with Crippen LogP contribution in [0.4, 0.5) is 0 Å². The minimum Gasteiger partial charge on any atom is -0.394 e. The zero-order valence-electron chi connectivity index (χ0n) is 9.83. The summed E-state index contributed by atoms with van der Waals surface area (Å²) in [6.45, 7) is 5.00. The number of aliphatic hydroxyl groups excluding tert-OH is 1. The number of aromatic nitrogens is 1. The molecule has 0 bridgehead atoms. The smallest absolute Gasteiger partial charge is 0.129 e. The van der Waals surface area contributed by atoms with Crippen molar-refractivity contribution in [3.63, 3.8) is 0 Å². The van der Waals surface area contributed by atoms with Gasteiger partial charge in [-0.2, -0.15) is 0 Å². The summed E-state index contributed by atoms with van der Waals surface area (Å²) in [5.41, 5.74) is 0.898. The Hall–Kier alpha value is -0.640. The molecule has 0 fully saturated rings. The van der Waals surface area contributed by atoms with Crippen LogP contribution in [0, 0.1) is 0 Å². The lowest BCUT2D eigenvalue weighted by molar-refractivity contribution is 0.149. The van der Waals surface area contributed by atoms with Crippen LogP contribution in [0.1, 0.15) is 32.3 Å². The van der Waals surface area contributed by atoms with Gasteiger partial charge in [-0.3, -0.25) is 0 Å². The molecule has 0 aromatic carbocycles. The van der Waals surface area contributed by atoms with E-state index in [0.717, 1.165) is 18.4 Å². The molecule has 0 aliphatic rings. The van der Waals surface area contributed by atoms with Crippen LogP contribution in [0.2, 0.25) is 5.15 Å². The summed E-state index contributed by atoms with van der Waals surface area (Å²) in [6, 6.07) is 3.76. The predicted molar refractivity (Wildman–Crippen MR) is 66.5 cm³/mol. The first-order chi connectivity index (χ1) is 7.65. The molecule has 90 valence electrons. The van der Waals surface area contributed by atoms with Gasteiger partial charge in [0.2, 0.25) is 0 Å². The van der Waals surface area contributed by atoms with Crippen molar-refractivity contribution in [2.45, 2.75) is 38.8 Å². The molecule has 0 atom stereocenters. The van der Waals surface area contributed by atoms with Crippen LogP contribution in [0.25, 0.3) is 0 Å². The fraction of sp³-hybridized carbons (Fsp3) is 0.583. The van der Waals surface area contributed by atoms with E-state index in [2.05, 4.69) is 24.1 Å². The number of hydrogen-bond donors (Lipinski definition) is 2. The maximum atomic E-state index is 9.41. The SMILES string of the molecule is CCC(CC)(CO)NCc1ccnc(Cl)c1. The molecule has 0 unspecified atom stereocenters. The van der Waals surface area contributed by atoms with Gasteiger partial charge in [-0.05, 0) is 30.5 Å². The molecule has 0 saturated heterocycles. The van der Waals surface area contributed by atoms with Crippen molar-refractivity contribution in [1.82, 2.24) is 10.3 Å². The maximum Gasteiger partial charge on any atom is 0.129 e. The fourth-order valence-electron chi connectivity index (χ4n) is 1.62. The van der Waals surface area contributed by atoms with Gasteiger partial charge in [0.05, 0.1) is 6.61 Å². The minimum absolute atomic E-state index is 0.152. The molecule has 0 aliphatic heterocycles. The van der Waals surface area contributed by atoms with Crippen LogP contribution in [0.15, 0.2) is 18.3 Å². The first-order valence-corrected chi connectivity index (χ1v) is 6.00. The topological polar surface area (TPSA) is 45.1 Å². The van der Waals surface area contributed by atoms with E-state index in [9.17, 15) is 5.11 Å². The number of nitrogens with zero attached hydrogens (tertiary/aromatic N) is 1. The number of halogens is 1. The standard InChI is InChI=1S/C12H19ClN2O/c1-3-12(4-2,9-16)15-8-10-5-6-14-11(13)7-10/h5-7,15-16H,3-4,8-9H2,1-2H3. The van der Waals surface area contributed by atoms with E-state index >= 15 is 0 Å². The summed E-state index contributed by atoms with van der Waals surface area (Å²) in [7, 11) is 0. The molecule has 0 spiro atoms. The minimum atomic E-state index is -0.185. The van der Waals surface area contributed by atoms with Crippen LogP contribution >= 0.6 is 11.6 Å². The Kier molecular flexibility index (Phi) is 5.19. The van der Waals surface area contributed by atoms with Gasteiger partial charge in [-0.1, -0.05) is 25.4 Å². The average molecular weight is 243 g/mol. The van der Waals surface area contributed by atoms with Crippen molar-refractivity contribution in [3.8, 4) is 0 Å². The van der Waals surface area contributed by atoms with Crippen molar-refractivity contribution < 1.29 is 5.11 Å². The molecule has 3 nitrogen and oxygen atoms in total. The zero-order valence-corrected chi connectivity index (χ0v) is 10.6. The van der Waals surface area contributed by atoms with Gasteiger partial charge >= 0.3 is 0 Å². The Labute approximate surface area is 102 Å². The Morgan fingerprint density at radius 3 is 2.62 bits per heavy atom. The second kappa shape index (κ2) is 6.18. The second-order valence-electron chi connectivity index (χ2n) is 3.99. The highest BCUT2D eigenvalue weighted by Crippen LogP contribution is 2.15. The van der Waals surface area contributed by atoms with Crippen LogP contribution in [0.5, 0.6) is 0 Å². The lowest BCUT2D eigenvalue weighted by Crippen LogP contribution is -2.47. The molecular weight excluding hydrogens is 224 g/mol. The van der Waals surface area contributed by atoms with E-state index in [-0.39, 0.29) is 12.1 Å². The molecule has 0 amide bonds. The van der Waals surface area contributed by atoms with E-state index in [4.69, 9.17) is 11.6 Å². The number of aliphatic hydroxyl groups is 1. The number of rotatable bonds is 6. The monoisotopic (exact) mass is 242 g/mol. The predicted octanol–water partition coefficient (Wildman–Crippen LogP) is 2.38. The third kappa shape index (κ3) is 3.44. The van der Waals surface area contributed by atoms with Crippen LogP contribution in [-0.4, -0.2) is 22.2 Å². The van der Waals surface area contributed by atoms with Crippen molar-refractivity contribution in [1.29, 1.82) is 0 Å². The maximum absolute atomic E-state index is 9.41. The Balaban J connectivity index is 2.62. The normalized spacial score (nSPS) is 11.8. The molecule has 1 rings (SSSR count). The largest absolute Gasteiger partial charge is 0.394 e. The van der Waals surface area contributed by atoms with E-state index < -0.39 is 0 Å². The highest BCUT2D eigenvalue weighted by molar-refractivity contribution is 6.29. The molecule has 2 N–H and O–H groups in total. The summed E-state index contributed by atoms with van der Waals surface area (Å²) < 4.78 is 0. The van der Waals surface area contributed by atoms with E-state index in [1.54, 1.807) is 6.20 Å². The van der Waals surface area contributed by atoms with Gasteiger partial charge in [0.25, 0.3) is 0 Å². The zero-order chi connectivity index (χ0) is 12.0. The van der Waals surface area contributed by atoms with Gasteiger partial charge in [-0.15, -0.1) is 0 Å². The number of nitrogens with one attached hydrogen (secondary N) is 1. The summed E-state index contributed by atoms with van der Waals surface area (Å²) in [4.78, 5) is 3.93. The first kappa shape index (κ1) is 13.4. The van der Waals surface area contributed by atoms with E-state index in [1.807, 2.05) is 12.1 Å². The Morgan fingerprint density at radius 2 is 2.12 bits per heavy atom. The van der Waals surface area contributed by atoms with Gasteiger partial charge in [0.15, 0.2) is 0 Å². The Morgan fingerprint density at radius 1 is 1.44 bits per heavy atom. The van der Waals surface area contributed by atoms with Crippen molar-refractivity contribution in [2.24, 2.45) is 0 Å². The highest BCUT2D eigenvalue weighted by atomic mass is 35.5. The lowest BCUT2D eigenvalue weighted by atomic mass is 9.93. The third-order valence-corrected chi connectivity index (χ3v) is 3.32.